The number of nitrogens with zero attached hydrogens (tertiary/aromatic N) is 3. The van der Waals surface area contributed by atoms with Gasteiger partial charge in [-0.05, 0) is 29.4 Å². The molecular weight excluding hydrogens is 314 g/mol. The lowest BCUT2D eigenvalue weighted by molar-refractivity contribution is -0.748. The molecule has 0 aliphatic carbocycles. The Morgan fingerprint density at radius 1 is 1.19 bits per heavy atom. The van der Waals surface area contributed by atoms with E-state index in [1.54, 1.807) is 42.9 Å². The van der Waals surface area contributed by atoms with E-state index in [-0.39, 0.29) is 17.3 Å². The van der Waals surface area contributed by atoms with Crippen LogP contribution in [0.5, 0.6) is 0 Å². The van der Waals surface area contributed by atoms with Crippen molar-refractivity contribution in [3.8, 4) is 0 Å². The maximum atomic E-state index is 11.4. The standard InChI is InChI=1S/C12H11N5O2S.ClH/c1-20(18,19)10-4-2-9(3-5-10)14-12-15-11-8-13-6-7-17(11)16-12;/h2-8H,1H3,(H,14,16);1H. The van der Waals surface area contributed by atoms with Crippen LogP contribution in [-0.4, -0.2) is 32.7 Å². The molecule has 3 rings (SSSR count). The molecule has 1 atom stereocenters. The minimum absolute atomic E-state index is 0. The number of benzene rings is 1. The summed E-state index contributed by atoms with van der Waals surface area (Å²) < 4.78 is 22.7. The fraction of sp³-hybridized carbons (Fsp3) is 0.0833. The monoisotopic (exact) mass is 325 g/mol. The van der Waals surface area contributed by atoms with Crippen molar-refractivity contribution in [2.45, 2.75) is 4.90 Å². The second-order valence-electron chi connectivity index (χ2n) is 4.33. The molecule has 1 aromatic rings. The molecule has 0 bridgehead atoms. The van der Waals surface area contributed by atoms with Crippen molar-refractivity contribution >= 4 is 33.5 Å². The molecule has 7 nitrogen and oxygen atoms in total. The van der Waals surface area contributed by atoms with E-state index in [0.29, 0.717) is 11.8 Å². The second-order valence-corrected chi connectivity index (χ2v) is 6.35. The van der Waals surface area contributed by atoms with Crippen LogP contribution in [0.2, 0.25) is 0 Å². The first-order valence-electron chi connectivity index (χ1n) is 5.84. The lowest BCUT2D eigenvalue weighted by Gasteiger charge is -2.03. The molecule has 2 N–H and O–H groups in total. The van der Waals surface area contributed by atoms with Crippen LogP contribution in [0.1, 0.15) is 0 Å². The highest BCUT2D eigenvalue weighted by atomic mass is 35.5. The third-order valence-corrected chi connectivity index (χ3v) is 3.90. The summed E-state index contributed by atoms with van der Waals surface area (Å²) in [6, 6.07) is 6.44. The highest BCUT2D eigenvalue weighted by Crippen LogP contribution is 2.14. The van der Waals surface area contributed by atoms with Crippen molar-refractivity contribution in [3.63, 3.8) is 0 Å². The molecule has 110 valence electrons. The number of fused-ring (bicyclic) bond motifs is 1. The van der Waals surface area contributed by atoms with Crippen LogP contribution >= 0.6 is 0 Å². The van der Waals surface area contributed by atoms with Gasteiger partial charge in [0.1, 0.15) is 12.4 Å². The second kappa shape index (κ2) is 5.76. The van der Waals surface area contributed by atoms with Gasteiger partial charge in [-0.1, -0.05) is 0 Å². The first-order chi connectivity index (χ1) is 9.52. The Balaban J connectivity index is 0.00000161. The van der Waals surface area contributed by atoms with E-state index >= 15 is 0 Å². The molecule has 2 aliphatic rings. The van der Waals surface area contributed by atoms with Crippen LogP contribution in [0, 0.1) is 0 Å². The molecule has 0 aromatic heterocycles. The number of nitrogens with one attached hydrogen (secondary N) is 2. The van der Waals surface area contributed by atoms with Crippen molar-refractivity contribution in [3.05, 3.63) is 36.7 Å². The minimum Gasteiger partial charge on any atom is -1.00 e. The van der Waals surface area contributed by atoms with Crippen LogP contribution in [-0.2, 0) is 9.84 Å². The largest absolute Gasteiger partial charge is 1.00 e. The van der Waals surface area contributed by atoms with E-state index in [1.807, 2.05) is 0 Å². The van der Waals surface area contributed by atoms with Crippen LogP contribution in [0.4, 0.5) is 5.69 Å². The fourth-order valence-corrected chi connectivity index (χ4v) is 2.41. The number of sulfone groups is 1. The lowest BCUT2D eigenvalue weighted by atomic mass is 10.3. The average molecular weight is 326 g/mol. The summed E-state index contributed by atoms with van der Waals surface area (Å²) in [4.78, 5) is 8.53. The maximum absolute atomic E-state index is 11.4. The molecule has 0 radical (unpaired) electrons. The number of aliphatic imine (C=N–C) groups is 2. The fourth-order valence-electron chi connectivity index (χ4n) is 1.78. The molecule has 1 unspecified atom stereocenters. The normalized spacial score (nSPS) is 19.4. The Labute approximate surface area is 128 Å². The lowest BCUT2D eigenvalue weighted by Crippen LogP contribution is -3.05. The van der Waals surface area contributed by atoms with Gasteiger partial charge in [0.05, 0.1) is 11.1 Å². The Morgan fingerprint density at radius 3 is 2.52 bits per heavy atom. The number of hydrogen-bond donors (Lipinski definition) is 2. The predicted molar refractivity (Wildman–Crippen MR) is 76.6 cm³/mol. The molecule has 0 spiro atoms. The topological polar surface area (TPSA) is 87.7 Å². The zero-order chi connectivity index (χ0) is 14.2. The molecule has 2 aliphatic heterocycles. The smallest absolute Gasteiger partial charge is 0.286 e. The summed E-state index contributed by atoms with van der Waals surface area (Å²) in [6.45, 7) is 0. The van der Waals surface area contributed by atoms with E-state index in [2.05, 4.69) is 20.4 Å². The van der Waals surface area contributed by atoms with E-state index in [4.69, 9.17) is 0 Å². The third-order valence-electron chi connectivity index (χ3n) is 2.77. The molecular formula is C12H12ClN5O2S. The highest BCUT2D eigenvalue weighted by Gasteiger charge is 2.24. The van der Waals surface area contributed by atoms with Crippen molar-refractivity contribution in [2.24, 2.45) is 15.1 Å². The van der Waals surface area contributed by atoms with E-state index in [1.165, 1.54) is 6.26 Å². The van der Waals surface area contributed by atoms with Gasteiger partial charge in [-0.2, -0.15) is 4.99 Å². The maximum Gasteiger partial charge on any atom is 0.286 e. The molecule has 21 heavy (non-hydrogen) atoms. The molecule has 2 heterocycles. The van der Waals surface area contributed by atoms with E-state index < -0.39 is 9.84 Å². The summed E-state index contributed by atoms with van der Waals surface area (Å²) in [7, 11) is -3.18. The van der Waals surface area contributed by atoms with E-state index in [0.717, 1.165) is 10.7 Å². The SMILES string of the molecule is CS(=O)(=O)c1ccc(NC2=N[NH+]3C=CN=CC3=N2)cc1.[Cl-]. The first kappa shape index (κ1) is 15.4. The van der Waals surface area contributed by atoms with Crippen LogP contribution in [0.25, 0.3) is 0 Å². The van der Waals surface area contributed by atoms with Gasteiger partial charge in [-0.3, -0.25) is 4.99 Å². The molecule has 0 saturated carbocycles. The Hall–Kier alpha value is -2.03. The van der Waals surface area contributed by atoms with Crippen LogP contribution in [0.15, 0.2) is 56.6 Å². The molecule has 0 saturated heterocycles. The quantitative estimate of drug-likeness (QED) is 0.595. The zero-order valence-corrected chi connectivity index (χ0v) is 12.6. The number of guanidine groups is 1. The Kier molecular flexibility index (Phi) is 4.21. The van der Waals surface area contributed by atoms with Crippen molar-refractivity contribution in [1.82, 2.24) is 0 Å². The van der Waals surface area contributed by atoms with Crippen molar-refractivity contribution in [1.29, 1.82) is 0 Å². The predicted octanol–water partition coefficient (Wildman–Crippen LogP) is -3.37. The van der Waals surface area contributed by atoms with Gasteiger partial charge in [0.15, 0.2) is 9.84 Å². The minimum atomic E-state index is -3.18. The summed E-state index contributed by atoms with van der Waals surface area (Å²) >= 11 is 0. The molecule has 0 fully saturated rings. The number of halogens is 1. The van der Waals surface area contributed by atoms with Gasteiger partial charge in [-0.15, -0.1) is 5.01 Å². The van der Waals surface area contributed by atoms with Gasteiger partial charge < -0.3 is 17.7 Å². The summed E-state index contributed by atoms with van der Waals surface area (Å²) in [5.74, 6) is 1.17. The van der Waals surface area contributed by atoms with Gasteiger partial charge in [0.25, 0.3) is 11.8 Å². The molecule has 0 amide bonds. The van der Waals surface area contributed by atoms with E-state index in [9.17, 15) is 8.42 Å². The number of anilines is 1. The summed E-state index contributed by atoms with van der Waals surface area (Å²) in [5.41, 5.74) is 0.723. The van der Waals surface area contributed by atoms with Gasteiger partial charge in [0.2, 0.25) is 0 Å². The third kappa shape index (κ3) is 3.35. The van der Waals surface area contributed by atoms with Crippen LogP contribution < -0.4 is 22.7 Å². The summed E-state index contributed by atoms with van der Waals surface area (Å²) in [6.07, 6.45) is 6.25. The number of amidine groups is 1. The van der Waals surface area contributed by atoms with Gasteiger partial charge in [-0.25, -0.2) is 8.42 Å². The van der Waals surface area contributed by atoms with Crippen molar-refractivity contribution in [2.75, 3.05) is 11.6 Å². The molecule has 9 heteroatoms. The number of quaternary nitrogens is 1. The van der Waals surface area contributed by atoms with Gasteiger partial charge >= 0.3 is 0 Å². The molecule has 1 aromatic carbocycles. The number of rotatable bonds is 2. The van der Waals surface area contributed by atoms with Crippen molar-refractivity contribution < 1.29 is 25.8 Å². The Morgan fingerprint density at radius 2 is 1.90 bits per heavy atom. The van der Waals surface area contributed by atoms with Gasteiger partial charge in [0, 0.05) is 11.9 Å². The summed E-state index contributed by atoms with van der Waals surface area (Å²) in [5, 5.41) is 8.09. The number of hydrogen-bond acceptors (Lipinski definition) is 6. The first-order valence-corrected chi connectivity index (χ1v) is 7.73. The van der Waals surface area contributed by atoms with Crippen LogP contribution in [0.3, 0.4) is 0 Å². The zero-order valence-electron chi connectivity index (χ0n) is 11.0. The average Bonchev–Trinajstić information content (AvgIpc) is 2.80. The highest BCUT2D eigenvalue weighted by molar-refractivity contribution is 7.90. The Bertz CT molecular complexity index is 765.